The van der Waals surface area contributed by atoms with Crippen molar-refractivity contribution in [1.82, 2.24) is 16.0 Å². The zero-order valence-corrected chi connectivity index (χ0v) is 20.0. The van der Waals surface area contributed by atoms with Crippen molar-refractivity contribution in [2.45, 2.75) is 46.8 Å². The molecule has 28 heavy (non-hydrogen) atoms. The maximum absolute atomic E-state index is 11.9. The Kier molecular flexibility index (Phi) is 12.1. The number of hydrogen-bond acceptors (Lipinski definition) is 4. The van der Waals surface area contributed by atoms with Gasteiger partial charge >= 0.3 is 0 Å². The molecule has 1 aromatic rings. The molecule has 160 valence electrons. The molecule has 0 aromatic heterocycles. The van der Waals surface area contributed by atoms with Crippen LogP contribution in [0, 0.1) is 5.41 Å². The summed E-state index contributed by atoms with van der Waals surface area (Å²) in [6, 6.07) is 7.40. The molecule has 8 heteroatoms. The first-order valence-corrected chi connectivity index (χ1v) is 9.38. The van der Waals surface area contributed by atoms with Gasteiger partial charge in [-0.1, -0.05) is 12.1 Å². The van der Waals surface area contributed by atoms with Crippen molar-refractivity contribution in [2.24, 2.45) is 10.4 Å². The van der Waals surface area contributed by atoms with Gasteiger partial charge in [0.05, 0.1) is 24.2 Å². The van der Waals surface area contributed by atoms with Gasteiger partial charge in [-0.15, -0.1) is 24.0 Å². The van der Waals surface area contributed by atoms with E-state index in [1.54, 1.807) is 7.05 Å². The van der Waals surface area contributed by atoms with Gasteiger partial charge in [0.1, 0.15) is 5.75 Å². The van der Waals surface area contributed by atoms with E-state index in [-0.39, 0.29) is 36.0 Å². The highest BCUT2D eigenvalue weighted by Crippen LogP contribution is 2.18. The summed E-state index contributed by atoms with van der Waals surface area (Å²) in [6.45, 7) is 10.9. The fourth-order valence-electron chi connectivity index (χ4n) is 2.38. The van der Waals surface area contributed by atoms with Crippen LogP contribution in [0.2, 0.25) is 0 Å². The van der Waals surface area contributed by atoms with Gasteiger partial charge < -0.3 is 25.8 Å². The second kappa shape index (κ2) is 12.8. The molecule has 0 heterocycles. The van der Waals surface area contributed by atoms with E-state index in [4.69, 9.17) is 4.74 Å². The van der Waals surface area contributed by atoms with Crippen molar-refractivity contribution in [1.29, 1.82) is 0 Å². The fourth-order valence-corrected chi connectivity index (χ4v) is 2.38. The molecule has 1 atom stereocenters. The standard InChI is InChI=1S/C20H34N4O3.HI/c1-7-22-19(24-13-20(4,5)18(26)21-6)23-12-17(25)15-8-10-16(11-9-15)27-14(2)3;/h8-11,14,17,25H,7,12-13H2,1-6H3,(H,21,26)(H2,22,23,24);1H. The Morgan fingerprint density at radius 1 is 1.21 bits per heavy atom. The van der Waals surface area contributed by atoms with Crippen molar-refractivity contribution in [3.05, 3.63) is 29.8 Å². The molecule has 7 nitrogen and oxygen atoms in total. The maximum atomic E-state index is 11.9. The van der Waals surface area contributed by atoms with Crippen LogP contribution < -0.4 is 20.7 Å². The van der Waals surface area contributed by atoms with Crippen LogP contribution in [0.1, 0.15) is 46.3 Å². The van der Waals surface area contributed by atoms with Gasteiger partial charge in [0.25, 0.3) is 0 Å². The summed E-state index contributed by atoms with van der Waals surface area (Å²) < 4.78 is 5.61. The molecule has 0 saturated carbocycles. The largest absolute Gasteiger partial charge is 0.491 e. The van der Waals surface area contributed by atoms with Gasteiger partial charge in [-0.2, -0.15) is 0 Å². The summed E-state index contributed by atoms with van der Waals surface area (Å²) in [5.41, 5.74) is 0.183. The van der Waals surface area contributed by atoms with Crippen LogP contribution in [0.5, 0.6) is 5.75 Å². The summed E-state index contributed by atoms with van der Waals surface area (Å²) in [5, 5.41) is 19.3. The number of carbonyl (C=O) groups excluding carboxylic acids is 1. The number of aliphatic hydroxyl groups is 1. The van der Waals surface area contributed by atoms with Gasteiger partial charge in [-0.05, 0) is 52.3 Å². The quantitative estimate of drug-likeness (QED) is 0.235. The number of benzene rings is 1. The number of amides is 1. The van der Waals surface area contributed by atoms with Crippen LogP contribution in [0.15, 0.2) is 29.3 Å². The highest BCUT2D eigenvalue weighted by molar-refractivity contribution is 14.0. The van der Waals surface area contributed by atoms with Gasteiger partial charge in [-0.3, -0.25) is 9.79 Å². The third kappa shape index (κ3) is 9.09. The third-order valence-corrected chi connectivity index (χ3v) is 3.92. The molecule has 1 aromatic carbocycles. The van der Waals surface area contributed by atoms with Crippen LogP contribution in [0.3, 0.4) is 0 Å². The van der Waals surface area contributed by atoms with Gasteiger partial charge in [0.2, 0.25) is 5.91 Å². The molecule has 0 bridgehead atoms. The predicted octanol–water partition coefficient (Wildman–Crippen LogP) is 2.45. The highest BCUT2D eigenvalue weighted by atomic mass is 127. The number of carbonyl (C=O) groups is 1. The molecule has 0 saturated heterocycles. The highest BCUT2D eigenvalue weighted by Gasteiger charge is 2.26. The first-order valence-electron chi connectivity index (χ1n) is 9.38. The predicted molar refractivity (Wildman–Crippen MR) is 124 cm³/mol. The summed E-state index contributed by atoms with van der Waals surface area (Å²) in [7, 11) is 1.62. The molecule has 0 spiro atoms. The minimum absolute atomic E-state index is 0. The van der Waals surface area contributed by atoms with Crippen LogP contribution in [0.25, 0.3) is 0 Å². The van der Waals surface area contributed by atoms with Gasteiger partial charge in [-0.25, -0.2) is 0 Å². The van der Waals surface area contributed by atoms with Crippen LogP contribution in [0.4, 0.5) is 0 Å². The van der Waals surface area contributed by atoms with E-state index < -0.39 is 11.5 Å². The van der Waals surface area contributed by atoms with Gasteiger partial charge in [0.15, 0.2) is 5.96 Å². The van der Waals surface area contributed by atoms with E-state index in [2.05, 4.69) is 20.9 Å². The van der Waals surface area contributed by atoms with Crippen molar-refractivity contribution < 1.29 is 14.6 Å². The van der Waals surface area contributed by atoms with E-state index in [0.29, 0.717) is 25.6 Å². The smallest absolute Gasteiger partial charge is 0.227 e. The normalized spacial score (nSPS) is 12.8. The molecule has 1 unspecified atom stereocenters. The number of hydrogen-bond donors (Lipinski definition) is 4. The van der Waals surface area contributed by atoms with Crippen molar-refractivity contribution in [3.63, 3.8) is 0 Å². The molecule has 0 aliphatic rings. The van der Waals surface area contributed by atoms with Crippen LogP contribution in [-0.4, -0.2) is 49.8 Å². The average Bonchev–Trinajstić information content (AvgIpc) is 2.63. The minimum atomic E-state index is -0.686. The molecule has 1 amide bonds. The van der Waals surface area contributed by atoms with Crippen LogP contribution >= 0.6 is 24.0 Å². The second-order valence-corrected chi connectivity index (χ2v) is 7.29. The van der Waals surface area contributed by atoms with Gasteiger partial charge in [0, 0.05) is 20.1 Å². The first-order chi connectivity index (χ1) is 12.7. The zero-order chi connectivity index (χ0) is 20.4. The number of guanidine groups is 1. The zero-order valence-electron chi connectivity index (χ0n) is 17.7. The maximum Gasteiger partial charge on any atom is 0.227 e. The molecular formula is C20H35IN4O3. The fraction of sp³-hybridized carbons (Fsp3) is 0.600. The molecule has 0 aliphatic heterocycles. The minimum Gasteiger partial charge on any atom is -0.491 e. The summed E-state index contributed by atoms with van der Waals surface area (Å²) in [6.07, 6.45) is -0.575. The summed E-state index contributed by atoms with van der Waals surface area (Å²) >= 11 is 0. The SMILES string of the molecule is CCNC(=NCC(C)(C)C(=O)NC)NCC(O)c1ccc(OC(C)C)cc1.I. The summed E-state index contributed by atoms with van der Waals surface area (Å²) in [5.74, 6) is 1.28. The molecule has 0 aliphatic carbocycles. The third-order valence-electron chi connectivity index (χ3n) is 3.92. The van der Waals surface area contributed by atoms with E-state index in [1.807, 2.05) is 58.9 Å². The Hall–Kier alpha value is -1.55. The Morgan fingerprint density at radius 2 is 1.82 bits per heavy atom. The number of ether oxygens (including phenoxy) is 1. The van der Waals surface area contributed by atoms with Crippen molar-refractivity contribution in [3.8, 4) is 5.75 Å². The molecule has 4 N–H and O–H groups in total. The number of aliphatic imine (C=N–C) groups is 1. The van der Waals surface area contributed by atoms with Crippen molar-refractivity contribution >= 4 is 35.8 Å². The van der Waals surface area contributed by atoms with Crippen molar-refractivity contribution in [2.75, 3.05) is 26.7 Å². The number of rotatable bonds is 9. The monoisotopic (exact) mass is 506 g/mol. The first kappa shape index (κ1) is 26.4. The van der Waals surface area contributed by atoms with E-state index in [0.717, 1.165) is 11.3 Å². The molecule has 1 rings (SSSR count). The Balaban J connectivity index is 0.00000729. The van der Waals surface area contributed by atoms with E-state index >= 15 is 0 Å². The second-order valence-electron chi connectivity index (χ2n) is 7.29. The van der Waals surface area contributed by atoms with Crippen LogP contribution in [-0.2, 0) is 4.79 Å². The topological polar surface area (TPSA) is 95.0 Å². The Labute approximate surface area is 185 Å². The molecule has 0 radical (unpaired) electrons. The Bertz CT molecular complexity index is 618. The summed E-state index contributed by atoms with van der Waals surface area (Å²) in [4.78, 5) is 16.3. The lowest BCUT2D eigenvalue weighted by molar-refractivity contribution is -0.128. The average molecular weight is 506 g/mol. The molecule has 0 fully saturated rings. The lowest BCUT2D eigenvalue weighted by Crippen LogP contribution is -2.42. The Morgan fingerprint density at radius 3 is 2.32 bits per heavy atom. The lowest BCUT2D eigenvalue weighted by Gasteiger charge is -2.21. The van der Waals surface area contributed by atoms with E-state index in [9.17, 15) is 9.90 Å². The number of aliphatic hydroxyl groups excluding tert-OH is 1. The van der Waals surface area contributed by atoms with E-state index in [1.165, 1.54) is 0 Å². The lowest BCUT2D eigenvalue weighted by atomic mass is 9.93. The number of halogens is 1. The number of nitrogens with one attached hydrogen (secondary N) is 3. The number of nitrogens with zero attached hydrogens (tertiary/aromatic N) is 1. The molecular weight excluding hydrogens is 471 g/mol.